The van der Waals surface area contributed by atoms with Crippen LogP contribution in [0.15, 0.2) is 41.2 Å². The second-order valence-electron chi connectivity index (χ2n) is 4.25. The lowest BCUT2D eigenvalue weighted by atomic mass is 10.0. The highest BCUT2D eigenvalue weighted by Crippen LogP contribution is 2.25. The molecule has 19 heavy (non-hydrogen) atoms. The molecule has 0 radical (unpaired) electrons. The first-order chi connectivity index (χ1) is 8.99. The summed E-state index contributed by atoms with van der Waals surface area (Å²) in [6.07, 6.45) is -2.60. The minimum absolute atomic E-state index is 0.0972. The maximum atomic E-state index is 12.6. The lowest BCUT2D eigenvalue weighted by molar-refractivity contribution is 0.126. The average Bonchev–Trinajstić information content (AvgIpc) is 2.32. The Morgan fingerprint density at radius 3 is 2.63 bits per heavy atom. The van der Waals surface area contributed by atoms with Crippen LogP contribution in [0.4, 0.5) is 8.78 Å². The third kappa shape index (κ3) is 2.81. The number of nitrogens with zero attached hydrogens (tertiary/aromatic N) is 1. The molecule has 0 saturated carbocycles. The Morgan fingerprint density at radius 2 is 2.00 bits per heavy atom. The summed E-state index contributed by atoms with van der Waals surface area (Å²) in [4.78, 5) is 11.7. The van der Waals surface area contributed by atoms with Gasteiger partial charge >= 0.3 is 0 Å². The number of aromatic hydroxyl groups is 1. The summed E-state index contributed by atoms with van der Waals surface area (Å²) < 4.78 is 26.2. The Balaban J connectivity index is 2.61. The maximum Gasteiger partial charge on any atom is 0.256 e. The second-order valence-corrected chi connectivity index (χ2v) is 4.25. The molecule has 0 amide bonds. The molecule has 0 aliphatic rings. The number of aryl methyl sites for hydroxylation is 1. The average molecular weight is 265 g/mol. The van der Waals surface area contributed by atoms with E-state index in [9.17, 15) is 18.7 Å². The molecule has 0 aliphatic carbocycles. The molecule has 1 N–H and O–H groups in total. The third-order valence-electron chi connectivity index (χ3n) is 2.86. The van der Waals surface area contributed by atoms with E-state index in [-0.39, 0.29) is 5.75 Å². The maximum absolute atomic E-state index is 12.6. The van der Waals surface area contributed by atoms with Crippen LogP contribution < -0.4 is 5.56 Å². The molecule has 100 valence electrons. The molecule has 1 aromatic heterocycles. The largest absolute Gasteiger partial charge is 0.508 e. The van der Waals surface area contributed by atoms with Gasteiger partial charge in [0.2, 0.25) is 0 Å². The Bertz CT molecular complexity index is 650. The monoisotopic (exact) mass is 265 g/mol. The topological polar surface area (TPSA) is 42.2 Å². The number of rotatable bonds is 3. The predicted octanol–water partition coefficient (Wildman–Crippen LogP) is 2.79. The van der Waals surface area contributed by atoms with E-state index in [4.69, 9.17) is 0 Å². The molecule has 0 aliphatic heterocycles. The Labute approximate surface area is 108 Å². The van der Waals surface area contributed by atoms with Gasteiger partial charge in [-0.2, -0.15) is 0 Å². The number of phenolic OH excluding ortho intramolecular Hbond substituents is 1. The van der Waals surface area contributed by atoms with Gasteiger partial charge in [-0.3, -0.25) is 4.79 Å². The molecule has 2 rings (SSSR count). The molecule has 0 spiro atoms. The molecular weight excluding hydrogens is 252 g/mol. The van der Waals surface area contributed by atoms with E-state index in [1.54, 1.807) is 19.1 Å². The van der Waals surface area contributed by atoms with Gasteiger partial charge in [-0.25, -0.2) is 8.78 Å². The van der Waals surface area contributed by atoms with Gasteiger partial charge in [0, 0.05) is 11.6 Å². The van der Waals surface area contributed by atoms with Crippen molar-refractivity contribution >= 4 is 0 Å². The lowest BCUT2D eigenvalue weighted by Crippen LogP contribution is -2.24. The number of hydrogen-bond acceptors (Lipinski definition) is 2. The van der Waals surface area contributed by atoms with E-state index >= 15 is 0 Å². The van der Waals surface area contributed by atoms with E-state index in [2.05, 4.69) is 0 Å². The summed E-state index contributed by atoms with van der Waals surface area (Å²) in [6.45, 7) is 1.11. The Kier molecular flexibility index (Phi) is 3.64. The van der Waals surface area contributed by atoms with Gasteiger partial charge in [-0.15, -0.1) is 0 Å². The highest BCUT2D eigenvalue weighted by atomic mass is 19.3. The third-order valence-corrected chi connectivity index (χ3v) is 2.86. The summed E-state index contributed by atoms with van der Waals surface area (Å²) in [5.74, 6) is 0.0972. The van der Waals surface area contributed by atoms with Crippen molar-refractivity contribution in [3.05, 3.63) is 52.3 Å². The first-order valence-electron chi connectivity index (χ1n) is 5.77. The first kappa shape index (κ1) is 13.3. The summed E-state index contributed by atoms with van der Waals surface area (Å²) in [5, 5.41) is 9.37. The van der Waals surface area contributed by atoms with Crippen LogP contribution in [0.25, 0.3) is 11.3 Å². The summed E-state index contributed by atoms with van der Waals surface area (Å²) in [5.41, 5.74) is 1.32. The molecule has 3 nitrogen and oxygen atoms in total. The fourth-order valence-electron chi connectivity index (χ4n) is 2.02. The molecule has 2 aromatic rings. The quantitative estimate of drug-likeness (QED) is 0.927. The fraction of sp³-hybridized carbons (Fsp3) is 0.214. The Hall–Kier alpha value is -2.17. The predicted molar refractivity (Wildman–Crippen MR) is 68.5 cm³/mol. The molecule has 5 heteroatoms. The van der Waals surface area contributed by atoms with Gasteiger partial charge in [-0.1, -0.05) is 6.07 Å². The van der Waals surface area contributed by atoms with Crippen molar-refractivity contribution in [1.82, 2.24) is 4.57 Å². The van der Waals surface area contributed by atoms with Crippen LogP contribution in [-0.2, 0) is 6.54 Å². The summed E-state index contributed by atoms with van der Waals surface area (Å²) in [6, 6.07) is 9.00. The van der Waals surface area contributed by atoms with Gasteiger partial charge in [0.1, 0.15) is 5.75 Å². The lowest BCUT2D eigenvalue weighted by Gasteiger charge is -2.14. The number of hydrogen-bond donors (Lipinski definition) is 1. The number of alkyl halides is 2. The highest BCUT2D eigenvalue weighted by Gasteiger charge is 2.12. The molecule has 0 bridgehead atoms. The zero-order valence-electron chi connectivity index (χ0n) is 10.3. The van der Waals surface area contributed by atoms with Gasteiger partial charge in [0.05, 0.1) is 12.2 Å². The molecular formula is C14H13F2NO2. The van der Waals surface area contributed by atoms with Crippen molar-refractivity contribution in [1.29, 1.82) is 0 Å². The summed E-state index contributed by atoms with van der Waals surface area (Å²) in [7, 11) is 0. The van der Waals surface area contributed by atoms with Crippen molar-refractivity contribution in [3.63, 3.8) is 0 Å². The Morgan fingerprint density at radius 1 is 1.26 bits per heavy atom. The number of aromatic nitrogens is 1. The van der Waals surface area contributed by atoms with E-state index in [1.807, 2.05) is 0 Å². The van der Waals surface area contributed by atoms with Crippen molar-refractivity contribution in [2.45, 2.75) is 19.9 Å². The van der Waals surface area contributed by atoms with Gasteiger partial charge < -0.3 is 9.67 Å². The van der Waals surface area contributed by atoms with Gasteiger partial charge in [0.25, 0.3) is 12.0 Å². The number of benzene rings is 1. The minimum atomic E-state index is -2.60. The van der Waals surface area contributed by atoms with Crippen LogP contribution >= 0.6 is 0 Å². The molecule has 1 aromatic carbocycles. The van der Waals surface area contributed by atoms with E-state index < -0.39 is 18.5 Å². The first-order valence-corrected chi connectivity index (χ1v) is 5.77. The zero-order chi connectivity index (χ0) is 14.0. The number of pyridine rings is 1. The van der Waals surface area contributed by atoms with Crippen LogP contribution in [-0.4, -0.2) is 16.1 Å². The highest BCUT2D eigenvalue weighted by molar-refractivity contribution is 5.65. The van der Waals surface area contributed by atoms with E-state index in [1.165, 1.54) is 24.3 Å². The normalized spacial score (nSPS) is 10.9. The molecule has 0 atom stereocenters. The van der Waals surface area contributed by atoms with Crippen LogP contribution in [0.1, 0.15) is 5.56 Å². The SMILES string of the molecule is Cc1cc(O)ccc1-c1cccc(=O)n1CC(F)F. The van der Waals surface area contributed by atoms with E-state index in [0.29, 0.717) is 16.8 Å². The van der Waals surface area contributed by atoms with Crippen molar-refractivity contribution in [2.75, 3.05) is 0 Å². The molecule has 0 fully saturated rings. The van der Waals surface area contributed by atoms with Gasteiger partial charge in [-0.05, 0) is 36.8 Å². The smallest absolute Gasteiger partial charge is 0.256 e. The van der Waals surface area contributed by atoms with Gasteiger partial charge in [0.15, 0.2) is 0 Å². The van der Waals surface area contributed by atoms with Crippen LogP contribution in [0.3, 0.4) is 0 Å². The minimum Gasteiger partial charge on any atom is -0.508 e. The zero-order valence-corrected chi connectivity index (χ0v) is 10.3. The number of halogens is 2. The second kappa shape index (κ2) is 5.22. The molecule has 0 unspecified atom stereocenters. The molecule has 1 heterocycles. The fourth-order valence-corrected chi connectivity index (χ4v) is 2.02. The van der Waals surface area contributed by atoms with Crippen LogP contribution in [0, 0.1) is 6.92 Å². The van der Waals surface area contributed by atoms with Crippen LogP contribution in [0.5, 0.6) is 5.75 Å². The van der Waals surface area contributed by atoms with Crippen LogP contribution in [0.2, 0.25) is 0 Å². The summed E-state index contributed by atoms with van der Waals surface area (Å²) >= 11 is 0. The van der Waals surface area contributed by atoms with Crippen molar-refractivity contribution in [3.8, 4) is 17.0 Å². The van der Waals surface area contributed by atoms with E-state index in [0.717, 1.165) is 4.57 Å². The van der Waals surface area contributed by atoms with Crippen molar-refractivity contribution in [2.24, 2.45) is 0 Å². The number of phenols is 1. The molecule has 0 saturated heterocycles. The van der Waals surface area contributed by atoms with Crippen molar-refractivity contribution < 1.29 is 13.9 Å². The standard InChI is InChI=1S/C14H13F2NO2/c1-9-7-10(18)5-6-11(9)12-3-2-4-14(19)17(12)8-13(15)16/h2-7,13,18H,8H2,1H3.